The Kier molecular flexibility index (Phi) is 4.83. The van der Waals surface area contributed by atoms with Crippen LogP contribution in [-0.4, -0.2) is 30.2 Å². The molecular formula is C12H18N2OS. The lowest BCUT2D eigenvalue weighted by Crippen LogP contribution is -2.29. The second-order valence-corrected chi connectivity index (χ2v) is 5.26. The Morgan fingerprint density at radius 1 is 1.50 bits per heavy atom. The maximum absolute atomic E-state index is 11.7. The smallest absolute Gasteiger partial charge is 0.235 e. The van der Waals surface area contributed by atoms with Gasteiger partial charge in [-0.3, -0.25) is 4.79 Å². The number of hydrogen-bond donors (Lipinski definition) is 1. The molecule has 0 saturated carbocycles. The van der Waals surface area contributed by atoms with Gasteiger partial charge in [-0.1, -0.05) is 12.1 Å². The highest BCUT2D eigenvalue weighted by Crippen LogP contribution is 2.24. The molecule has 0 aliphatic rings. The SMILES string of the molecule is CC(Sc1cccc(CN)c1)C(=O)N(C)C. The highest BCUT2D eigenvalue weighted by molar-refractivity contribution is 8.00. The molecule has 1 aromatic rings. The monoisotopic (exact) mass is 238 g/mol. The Morgan fingerprint density at radius 3 is 2.75 bits per heavy atom. The van der Waals surface area contributed by atoms with Crippen LogP contribution in [0.25, 0.3) is 0 Å². The molecule has 0 aliphatic carbocycles. The average molecular weight is 238 g/mol. The number of amides is 1. The number of nitrogens with two attached hydrogens (primary N) is 1. The van der Waals surface area contributed by atoms with Gasteiger partial charge in [0.25, 0.3) is 0 Å². The van der Waals surface area contributed by atoms with Crippen molar-refractivity contribution in [3.63, 3.8) is 0 Å². The molecule has 3 nitrogen and oxygen atoms in total. The van der Waals surface area contributed by atoms with Gasteiger partial charge in [0.1, 0.15) is 0 Å². The fourth-order valence-electron chi connectivity index (χ4n) is 1.36. The molecule has 1 rings (SSSR count). The van der Waals surface area contributed by atoms with Gasteiger partial charge in [-0.15, -0.1) is 11.8 Å². The van der Waals surface area contributed by atoms with Crippen molar-refractivity contribution in [2.75, 3.05) is 14.1 Å². The molecule has 0 bridgehead atoms. The normalized spacial score (nSPS) is 12.2. The van der Waals surface area contributed by atoms with E-state index in [-0.39, 0.29) is 11.2 Å². The molecule has 4 heteroatoms. The van der Waals surface area contributed by atoms with Crippen LogP contribution in [0.1, 0.15) is 12.5 Å². The van der Waals surface area contributed by atoms with Crippen LogP contribution in [0.5, 0.6) is 0 Å². The molecule has 0 saturated heterocycles. The molecular weight excluding hydrogens is 220 g/mol. The van der Waals surface area contributed by atoms with Crippen LogP contribution in [0.4, 0.5) is 0 Å². The maximum Gasteiger partial charge on any atom is 0.235 e. The quantitative estimate of drug-likeness (QED) is 0.812. The van der Waals surface area contributed by atoms with Crippen molar-refractivity contribution in [2.24, 2.45) is 5.73 Å². The molecule has 2 N–H and O–H groups in total. The van der Waals surface area contributed by atoms with Crippen LogP contribution in [0, 0.1) is 0 Å². The van der Waals surface area contributed by atoms with Crippen LogP contribution in [-0.2, 0) is 11.3 Å². The Hall–Kier alpha value is -1.00. The molecule has 0 aliphatic heterocycles. The van der Waals surface area contributed by atoms with Gasteiger partial charge in [-0.25, -0.2) is 0 Å². The van der Waals surface area contributed by atoms with E-state index in [2.05, 4.69) is 0 Å². The van der Waals surface area contributed by atoms with Crippen LogP contribution in [0.3, 0.4) is 0 Å². The van der Waals surface area contributed by atoms with E-state index < -0.39 is 0 Å². The van der Waals surface area contributed by atoms with Crippen molar-refractivity contribution in [3.05, 3.63) is 29.8 Å². The largest absolute Gasteiger partial charge is 0.348 e. The standard InChI is InChI=1S/C12H18N2OS/c1-9(12(15)14(2)3)16-11-6-4-5-10(7-11)8-13/h4-7,9H,8,13H2,1-3H3. The van der Waals surface area contributed by atoms with E-state index in [1.807, 2.05) is 31.2 Å². The lowest BCUT2D eigenvalue weighted by Gasteiger charge is -2.16. The number of hydrogen-bond acceptors (Lipinski definition) is 3. The van der Waals surface area contributed by atoms with Gasteiger partial charge in [0.2, 0.25) is 5.91 Å². The highest BCUT2D eigenvalue weighted by Gasteiger charge is 2.15. The maximum atomic E-state index is 11.7. The minimum Gasteiger partial charge on any atom is -0.348 e. The Labute approximate surface area is 101 Å². The summed E-state index contributed by atoms with van der Waals surface area (Å²) < 4.78 is 0. The average Bonchev–Trinajstić information content (AvgIpc) is 2.28. The van der Waals surface area contributed by atoms with Gasteiger partial charge in [-0.2, -0.15) is 0 Å². The number of thioether (sulfide) groups is 1. The van der Waals surface area contributed by atoms with Crippen molar-refractivity contribution in [1.82, 2.24) is 4.90 Å². The molecule has 88 valence electrons. The fraction of sp³-hybridized carbons (Fsp3) is 0.417. The van der Waals surface area contributed by atoms with Gasteiger partial charge in [0, 0.05) is 25.5 Å². The first kappa shape index (κ1) is 13.1. The zero-order chi connectivity index (χ0) is 12.1. The van der Waals surface area contributed by atoms with Crippen LogP contribution < -0.4 is 5.73 Å². The first-order valence-corrected chi connectivity index (χ1v) is 6.09. The first-order chi connectivity index (χ1) is 7.54. The Morgan fingerprint density at radius 2 is 2.19 bits per heavy atom. The Bertz CT molecular complexity index is 366. The third-order valence-electron chi connectivity index (χ3n) is 2.24. The lowest BCUT2D eigenvalue weighted by atomic mass is 10.2. The van der Waals surface area contributed by atoms with Crippen molar-refractivity contribution in [3.8, 4) is 0 Å². The summed E-state index contributed by atoms with van der Waals surface area (Å²) >= 11 is 1.56. The molecule has 0 fully saturated rings. The summed E-state index contributed by atoms with van der Waals surface area (Å²) in [5, 5.41) is -0.0666. The van der Waals surface area contributed by atoms with Crippen LogP contribution in [0.15, 0.2) is 29.2 Å². The van der Waals surface area contributed by atoms with Gasteiger partial charge < -0.3 is 10.6 Å². The number of benzene rings is 1. The summed E-state index contributed by atoms with van der Waals surface area (Å²) in [6.45, 7) is 2.45. The predicted molar refractivity (Wildman–Crippen MR) is 68.3 cm³/mol. The third kappa shape index (κ3) is 3.54. The topological polar surface area (TPSA) is 46.3 Å². The van der Waals surface area contributed by atoms with E-state index in [1.54, 1.807) is 30.8 Å². The molecule has 0 heterocycles. The number of carbonyl (C=O) groups is 1. The zero-order valence-corrected chi connectivity index (χ0v) is 10.8. The number of rotatable bonds is 4. The summed E-state index contributed by atoms with van der Waals surface area (Å²) in [7, 11) is 3.55. The van der Waals surface area contributed by atoms with E-state index in [4.69, 9.17) is 5.73 Å². The summed E-state index contributed by atoms with van der Waals surface area (Å²) in [6, 6.07) is 7.99. The third-order valence-corrected chi connectivity index (χ3v) is 3.32. The second-order valence-electron chi connectivity index (χ2n) is 3.84. The fourth-order valence-corrected chi connectivity index (χ4v) is 2.46. The first-order valence-electron chi connectivity index (χ1n) is 5.21. The minimum atomic E-state index is -0.0666. The summed E-state index contributed by atoms with van der Waals surface area (Å²) in [6.07, 6.45) is 0. The van der Waals surface area contributed by atoms with Gasteiger partial charge in [0.15, 0.2) is 0 Å². The number of carbonyl (C=O) groups excluding carboxylic acids is 1. The molecule has 1 atom stereocenters. The van der Waals surface area contributed by atoms with Gasteiger partial charge in [0.05, 0.1) is 5.25 Å². The van der Waals surface area contributed by atoms with Gasteiger partial charge in [-0.05, 0) is 24.6 Å². The number of nitrogens with zero attached hydrogens (tertiary/aromatic N) is 1. The molecule has 0 radical (unpaired) electrons. The Balaban J connectivity index is 2.69. The van der Waals surface area contributed by atoms with Crippen LogP contribution >= 0.6 is 11.8 Å². The van der Waals surface area contributed by atoms with Crippen molar-refractivity contribution in [1.29, 1.82) is 0 Å². The molecule has 1 unspecified atom stereocenters. The summed E-state index contributed by atoms with van der Waals surface area (Å²) in [5.41, 5.74) is 6.67. The summed E-state index contributed by atoms with van der Waals surface area (Å²) in [4.78, 5) is 14.4. The minimum absolute atomic E-state index is 0.0666. The zero-order valence-electron chi connectivity index (χ0n) is 9.93. The predicted octanol–water partition coefficient (Wildman–Crippen LogP) is 1.71. The van der Waals surface area contributed by atoms with Crippen LogP contribution in [0.2, 0.25) is 0 Å². The van der Waals surface area contributed by atoms with E-state index >= 15 is 0 Å². The molecule has 0 aromatic heterocycles. The summed E-state index contributed by atoms with van der Waals surface area (Å²) in [5.74, 6) is 0.128. The van der Waals surface area contributed by atoms with Crippen molar-refractivity contribution >= 4 is 17.7 Å². The van der Waals surface area contributed by atoms with Crippen molar-refractivity contribution < 1.29 is 4.79 Å². The molecule has 1 aromatic carbocycles. The second kappa shape index (κ2) is 5.92. The molecule has 16 heavy (non-hydrogen) atoms. The van der Waals surface area contributed by atoms with Crippen molar-refractivity contribution in [2.45, 2.75) is 23.6 Å². The van der Waals surface area contributed by atoms with E-state index in [0.29, 0.717) is 6.54 Å². The highest BCUT2D eigenvalue weighted by atomic mass is 32.2. The van der Waals surface area contributed by atoms with E-state index in [1.165, 1.54) is 0 Å². The lowest BCUT2D eigenvalue weighted by molar-refractivity contribution is -0.127. The van der Waals surface area contributed by atoms with E-state index in [0.717, 1.165) is 10.5 Å². The molecule has 1 amide bonds. The van der Waals surface area contributed by atoms with E-state index in [9.17, 15) is 4.79 Å². The van der Waals surface area contributed by atoms with Gasteiger partial charge >= 0.3 is 0 Å². The molecule has 0 spiro atoms.